The molecule has 18 heavy (non-hydrogen) atoms. The molecule has 0 fully saturated rings. The van der Waals surface area contributed by atoms with Gasteiger partial charge < -0.3 is 5.73 Å². The predicted octanol–water partition coefficient (Wildman–Crippen LogP) is 1.91. The van der Waals surface area contributed by atoms with Gasteiger partial charge in [-0.25, -0.2) is 14.6 Å². The molecule has 0 saturated carbocycles. The molecule has 2 aromatic heterocycles. The van der Waals surface area contributed by atoms with E-state index in [0.717, 1.165) is 11.3 Å². The molecule has 0 aliphatic heterocycles. The molecule has 0 amide bonds. The summed E-state index contributed by atoms with van der Waals surface area (Å²) >= 11 is 0. The van der Waals surface area contributed by atoms with E-state index in [1.54, 1.807) is 10.9 Å². The Morgan fingerprint density at radius 3 is 2.72 bits per heavy atom. The van der Waals surface area contributed by atoms with Crippen LogP contribution in [0.4, 0.5) is 5.69 Å². The summed E-state index contributed by atoms with van der Waals surface area (Å²) in [6, 6.07) is 11.3. The molecule has 0 radical (unpaired) electrons. The van der Waals surface area contributed by atoms with Gasteiger partial charge in [-0.1, -0.05) is 18.2 Å². The van der Waals surface area contributed by atoms with Gasteiger partial charge in [-0.3, -0.25) is 0 Å². The number of nitrogens with two attached hydrogens (primary N) is 1. The quantitative estimate of drug-likeness (QED) is 0.691. The van der Waals surface area contributed by atoms with E-state index in [9.17, 15) is 0 Å². The number of rotatable bonds is 2. The summed E-state index contributed by atoms with van der Waals surface area (Å²) in [7, 11) is 0. The molecule has 3 rings (SSSR count). The SMILES string of the molecule is Nc1ccccc1-c1cc(-n2cccn2)ncn1. The first-order valence-electron chi connectivity index (χ1n) is 5.51. The number of aromatic nitrogens is 4. The van der Waals surface area contributed by atoms with Crippen LogP contribution < -0.4 is 5.73 Å². The number of para-hydroxylation sites is 1. The Bertz CT molecular complexity index is 661. The van der Waals surface area contributed by atoms with Crippen molar-refractivity contribution in [2.45, 2.75) is 0 Å². The molecule has 0 atom stereocenters. The molecule has 2 N–H and O–H groups in total. The normalized spacial score (nSPS) is 10.4. The molecule has 5 heteroatoms. The van der Waals surface area contributed by atoms with Crippen LogP contribution in [-0.2, 0) is 0 Å². The lowest BCUT2D eigenvalue weighted by atomic mass is 10.1. The minimum atomic E-state index is 0.697. The lowest BCUT2D eigenvalue weighted by molar-refractivity contribution is 0.840. The lowest BCUT2D eigenvalue weighted by Crippen LogP contribution is -2.00. The van der Waals surface area contributed by atoms with Crippen molar-refractivity contribution in [3.8, 4) is 17.1 Å². The lowest BCUT2D eigenvalue weighted by Gasteiger charge is -2.06. The Hall–Kier alpha value is -2.69. The van der Waals surface area contributed by atoms with E-state index in [1.165, 1.54) is 6.33 Å². The first-order chi connectivity index (χ1) is 8.84. The van der Waals surface area contributed by atoms with Gasteiger partial charge in [0, 0.05) is 29.7 Å². The standard InChI is InChI=1S/C13H11N5/c14-11-5-2-1-4-10(11)12-8-13(16-9-15-12)18-7-3-6-17-18/h1-9H,14H2. The van der Waals surface area contributed by atoms with Crippen LogP contribution in [0.15, 0.2) is 55.1 Å². The second-order valence-electron chi connectivity index (χ2n) is 3.80. The average Bonchev–Trinajstić information content (AvgIpc) is 2.93. The highest BCUT2D eigenvalue weighted by molar-refractivity contribution is 5.73. The number of hydrogen-bond donors (Lipinski definition) is 1. The van der Waals surface area contributed by atoms with Crippen LogP contribution in [0.3, 0.4) is 0 Å². The molecule has 0 saturated heterocycles. The maximum Gasteiger partial charge on any atom is 0.157 e. The van der Waals surface area contributed by atoms with E-state index in [2.05, 4.69) is 15.1 Å². The molecule has 3 aromatic rings. The molecule has 0 unspecified atom stereocenters. The summed E-state index contributed by atoms with van der Waals surface area (Å²) in [5.74, 6) is 0.716. The fourth-order valence-electron chi connectivity index (χ4n) is 1.75. The first-order valence-corrected chi connectivity index (χ1v) is 5.51. The van der Waals surface area contributed by atoms with Crippen LogP contribution in [0, 0.1) is 0 Å². The molecule has 2 heterocycles. The number of nitrogen functional groups attached to an aromatic ring is 1. The van der Waals surface area contributed by atoms with Gasteiger partial charge in [0.25, 0.3) is 0 Å². The highest BCUT2D eigenvalue weighted by Crippen LogP contribution is 2.23. The molecule has 5 nitrogen and oxygen atoms in total. The van der Waals surface area contributed by atoms with Crippen LogP contribution >= 0.6 is 0 Å². The Kier molecular flexibility index (Phi) is 2.49. The Morgan fingerprint density at radius 2 is 1.94 bits per heavy atom. The third kappa shape index (κ3) is 1.82. The van der Waals surface area contributed by atoms with Crippen molar-refractivity contribution in [3.05, 3.63) is 55.1 Å². The molecular weight excluding hydrogens is 226 g/mol. The minimum Gasteiger partial charge on any atom is -0.398 e. The summed E-state index contributed by atoms with van der Waals surface area (Å²) in [5.41, 5.74) is 8.32. The largest absolute Gasteiger partial charge is 0.398 e. The van der Waals surface area contributed by atoms with E-state index in [0.29, 0.717) is 11.5 Å². The summed E-state index contributed by atoms with van der Waals surface area (Å²) in [6.07, 6.45) is 5.05. The zero-order chi connectivity index (χ0) is 12.4. The second kappa shape index (κ2) is 4.29. The van der Waals surface area contributed by atoms with Gasteiger partial charge >= 0.3 is 0 Å². The highest BCUT2D eigenvalue weighted by Gasteiger charge is 2.06. The van der Waals surface area contributed by atoms with Crippen molar-refractivity contribution in [3.63, 3.8) is 0 Å². The Balaban J connectivity index is 2.10. The van der Waals surface area contributed by atoms with Gasteiger partial charge in [-0.2, -0.15) is 5.10 Å². The molecular formula is C13H11N5. The zero-order valence-electron chi connectivity index (χ0n) is 9.56. The Morgan fingerprint density at radius 1 is 1.06 bits per heavy atom. The maximum atomic E-state index is 5.94. The van der Waals surface area contributed by atoms with Crippen molar-refractivity contribution in [1.29, 1.82) is 0 Å². The number of anilines is 1. The minimum absolute atomic E-state index is 0.697. The van der Waals surface area contributed by atoms with Crippen molar-refractivity contribution in [2.24, 2.45) is 0 Å². The topological polar surface area (TPSA) is 69.6 Å². The van der Waals surface area contributed by atoms with Gasteiger partial charge in [0.15, 0.2) is 5.82 Å². The maximum absolute atomic E-state index is 5.94. The number of hydrogen-bond acceptors (Lipinski definition) is 4. The fourth-order valence-corrected chi connectivity index (χ4v) is 1.75. The molecule has 0 aliphatic rings. The summed E-state index contributed by atoms with van der Waals surface area (Å²) in [5, 5.41) is 4.14. The molecule has 1 aromatic carbocycles. The molecule has 0 bridgehead atoms. The number of benzene rings is 1. The Labute approximate surface area is 104 Å². The van der Waals surface area contributed by atoms with E-state index in [4.69, 9.17) is 5.73 Å². The summed E-state index contributed by atoms with van der Waals surface area (Å²) in [6.45, 7) is 0. The van der Waals surface area contributed by atoms with Gasteiger partial charge in [-0.15, -0.1) is 0 Å². The van der Waals surface area contributed by atoms with E-state index in [1.807, 2.05) is 42.6 Å². The van der Waals surface area contributed by atoms with Crippen molar-refractivity contribution in [2.75, 3.05) is 5.73 Å². The van der Waals surface area contributed by atoms with Crippen molar-refractivity contribution >= 4 is 5.69 Å². The molecule has 0 aliphatic carbocycles. The zero-order valence-corrected chi connectivity index (χ0v) is 9.56. The highest BCUT2D eigenvalue weighted by atomic mass is 15.3. The third-order valence-electron chi connectivity index (χ3n) is 2.63. The van der Waals surface area contributed by atoms with Gasteiger partial charge in [-0.05, 0) is 12.1 Å². The molecule has 0 spiro atoms. The van der Waals surface area contributed by atoms with Crippen LogP contribution in [0.2, 0.25) is 0 Å². The summed E-state index contributed by atoms with van der Waals surface area (Å²) < 4.78 is 1.68. The second-order valence-corrected chi connectivity index (χ2v) is 3.80. The van der Waals surface area contributed by atoms with Gasteiger partial charge in [0.2, 0.25) is 0 Å². The van der Waals surface area contributed by atoms with Gasteiger partial charge in [0.05, 0.1) is 5.69 Å². The smallest absolute Gasteiger partial charge is 0.157 e. The van der Waals surface area contributed by atoms with Crippen molar-refractivity contribution < 1.29 is 0 Å². The van der Waals surface area contributed by atoms with Crippen molar-refractivity contribution in [1.82, 2.24) is 19.7 Å². The first kappa shape index (κ1) is 10.5. The fraction of sp³-hybridized carbons (Fsp3) is 0. The van der Waals surface area contributed by atoms with Crippen LogP contribution in [-0.4, -0.2) is 19.7 Å². The van der Waals surface area contributed by atoms with Crippen LogP contribution in [0.1, 0.15) is 0 Å². The van der Waals surface area contributed by atoms with E-state index in [-0.39, 0.29) is 0 Å². The predicted molar refractivity (Wildman–Crippen MR) is 69.0 cm³/mol. The molecule has 88 valence electrons. The van der Waals surface area contributed by atoms with Crippen LogP contribution in [0.25, 0.3) is 17.1 Å². The van der Waals surface area contributed by atoms with Crippen LogP contribution in [0.5, 0.6) is 0 Å². The third-order valence-corrected chi connectivity index (χ3v) is 2.63. The van der Waals surface area contributed by atoms with E-state index >= 15 is 0 Å². The average molecular weight is 237 g/mol. The van der Waals surface area contributed by atoms with Gasteiger partial charge in [0.1, 0.15) is 6.33 Å². The number of nitrogens with zero attached hydrogens (tertiary/aromatic N) is 4. The monoisotopic (exact) mass is 237 g/mol. The van der Waals surface area contributed by atoms with E-state index < -0.39 is 0 Å². The summed E-state index contributed by atoms with van der Waals surface area (Å²) in [4.78, 5) is 8.43.